The zero-order chi connectivity index (χ0) is 5.28. The summed E-state index contributed by atoms with van der Waals surface area (Å²) in [5.41, 5.74) is 0. The molecule has 0 spiro atoms. The highest BCUT2D eigenvalue weighted by Gasteiger charge is 2.20. The summed E-state index contributed by atoms with van der Waals surface area (Å²) in [5, 5.41) is 0. The fourth-order valence-corrected chi connectivity index (χ4v) is 1.13. The van der Waals surface area contributed by atoms with Gasteiger partial charge in [-0.15, -0.1) is 0 Å². The van der Waals surface area contributed by atoms with Gasteiger partial charge in [0.15, 0.2) is 0 Å². The molecule has 1 rings (SSSR count). The minimum atomic E-state index is 0.704. The molecular formula is C6H9S. The van der Waals surface area contributed by atoms with E-state index in [1.54, 1.807) is 0 Å². The minimum Gasteiger partial charge on any atom is -0.0894 e. The van der Waals surface area contributed by atoms with Crippen molar-refractivity contribution >= 4 is 17.1 Å². The summed E-state index contributed by atoms with van der Waals surface area (Å²) in [6, 6.07) is 0. The fraction of sp³-hybridized carbons (Fsp3) is 0.667. The van der Waals surface area contributed by atoms with E-state index in [0.29, 0.717) is 5.92 Å². The summed E-state index contributed by atoms with van der Waals surface area (Å²) >= 11 is 4.96. The van der Waals surface area contributed by atoms with Gasteiger partial charge in [0.2, 0.25) is 0 Å². The summed E-state index contributed by atoms with van der Waals surface area (Å²) in [4.78, 5) is 1.25. The summed E-state index contributed by atoms with van der Waals surface area (Å²) in [6.07, 6.45) is 3.48. The average Bonchev–Trinajstić information content (AvgIpc) is 1.65. The maximum absolute atomic E-state index is 4.96. The number of thiocarbonyl (C=S) groups is 1. The van der Waals surface area contributed by atoms with Crippen molar-refractivity contribution in [2.24, 2.45) is 5.92 Å². The van der Waals surface area contributed by atoms with Crippen LogP contribution in [0.2, 0.25) is 0 Å². The predicted molar refractivity (Wildman–Crippen MR) is 35.3 cm³/mol. The van der Waals surface area contributed by atoms with Gasteiger partial charge < -0.3 is 0 Å². The zero-order valence-electron chi connectivity index (χ0n) is 4.31. The van der Waals surface area contributed by atoms with Crippen molar-refractivity contribution in [3.8, 4) is 0 Å². The van der Waals surface area contributed by atoms with Crippen LogP contribution in [0.3, 0.4) is 0 Å². The molecule has 0 bridgehead atoms. The largest absolute Gasteiger partial charge is 0.0894 e. The topological polar surface area (TPSA) is 0 Å². The van der Waals surface area contributed by atoms with E-state index in [4.69, 9.17) is 12.2 Å². The van der Waals surface area contributed by atoms with Crippen LogP contribution in [0.25, 0.3) is 0 Å². The summed E-state index contributed by atoms with van der Waals surface area (Å²) in [7, 11) is 0. The highest BCUT2D eigenvalue weighted by atomic mass is 32.1. The second-order valence-electron chi connectivity index (χ2n) is 1.99. The van der Waals surface area contributed by atoms with Gasteiger partial charge in [-0.05, 0) is 30.0 Å². The lowest BCUT2D eigenvalue weighted by molar-refractivity contribution is 0.573. The van der Waals surface area contributed by atoms with Crippen molar-refractivity contribution in [3.63, 3.8) is 0 Å². The fourth-order valence-electron chi connectivity index (χ4n) is 0.772. The zero-order valence-corrected chi connectivity index (χ0v) is 5.13. The molecule has 0 heterocycles. The van der Waals surface area contributed by atoms with Crippen molar-refractivity contribution in [2.45, 2.75) is 19.3 Å². The normalized spacial score (nSPS) is 29.9. The van der Waals surface area contributed by atoms with Gasteiger partial charge in [0.25, 0.3) is 0 Å². The highest BCUT2D eigenvalue weighted by Crippen LogP contribution is 2.26. The van der Waals surface area contributed by atoms with Gasteiger partial charge in [-0.2, -0.15) is 0 Å². The quantitative estimate of drug-likeness (QED) is 0.469. The molecule has 1 atom stereocenters. The van der Waals surface area contributed by atoms with Crippen LogP contribution in [0.4, 0.5) is 0 Å². The molecule has 1 radical (unpaired) electrons. The number of hydrogen-bond acceptors (Lipinski definition) is 1. The molecule has 0 aliphatic heterocycles. The molecule has 0 aromatic heterocycles. The van der Waals surface area contributed by atoms with Crippen LogP contribution in [0, 0.1) is 12.8 Å². The predicted octanol–water partition coefficient (Wildman–Crippen LogP) is 1.99. The van der Waals surface area contributed by atoms with Gasteiger partial charge in [0, 0.05) is 0 Å². The van der Waals surface area contributed by atoms with E-state index >= 15 is 0 Å². The Morgan fingerprint density at radius 3 is 2.57 bits per heavy atom. The van der Waals surface area contributed by atoms with Crippen LogP contribution in [-0.2, 0) is 0 Å². The van der Waals surface area contributed by atoms with Crippen LogP contribution in [-0.4, -0.2) is 4.86 Å². The lowest BCUT2D eigenvalue weighted by atomic mass is 9.83. The smallest absolute Gasteiger partial charge is 0.00402 e. The van der Waals surface area contributed by atoms with Gasteiger partial charge in [0.1, 0.15) is 0 Å². The second kappa shape index (κ2) is 1.91. The molecule has 39 valence electrons. The molecule has 0 amide bonds. The third kappa shape index (κ3) is 0.828. The van der Waals surface area contributed by atoms with Crippen molar-refractivity contribution in [1.82, 2.24) is 0 Å². The molecule has 0 N–H and O–H groups in total. The molecule has 7 heavy (non-hydrogen) atoms. The van der Waals surface area contributed by atoms with E-state index in [9.17, 15) is 0 Å². The van der Waals surface area contributed by atoms with E-state index < -0.39 is 0 Å². The third-order valence-electron chi connectivity index (χ3n) is 1.54. The first-order valence-corrected chi connectivity index (χ1v) is 3.07. The number of rotatable bonds is 1. The summed E-state index contributed by atoms with van der Waals surface area (Å²) < 4.78 is 0. The highest BCUT2D eigenvalue weighted by molar-refractivity contribution is 7.80. The van der Waals surface area contributed by atoms with Gasteiger partial charge in [0.05, 0.1) is 0 Å². The first-order chi connectivity index (χ1) is 3.34. The van der Waals surface area contributed by atoms with E-state index in [-0.39, 0.29) is 0 Å². The van der Waals surface area contributed by atoms with E-state index in [1.165, 1.54) is 17.7 Å². The lowest BCUT2D eigenvalue weighted by Crippen LogP contribution is -2.22. The SMILES string of the molecule is [CH2]CC1CCC1=S. The average molecular weight is 113 g/mol. The molecule has 1 heteroatoms. The molecule has 1 aliphatic rings. The molecular weight excluding hydrogens is 104 g/mol. The molecule has 0 nitrogen and oxygen atoms in total. The van der Waals surface area contributed by atoms with Crippen LogP contribution in [0.5, 0.6) is 0 Å². The summed E-state index contributed by atoms with van der Waals surface area (Å²) in [6.45, 7) is 3.77. The maximum Gasteiger partial charge on any atom is -0.00402 e. The molecule has 1 unspecified atom stereocenters. The first kappa shape index (κ1) is 5.23. The standard InChI is InChI=1S/C6H9S/c1-2-5-3-4-6(5)7/h5H,1-4H2. The van der Waals surface area contributed by atoms with Crippen LogP contribution in [0.15, 0.2) is 0 Å². The second-order valence-corrected chi connectivity index (χ2v) is 2.51. The maximum atomic E-state index is 4.96. The van der Waals surface area contributed by atoms with Crippen molar-refractivity contribution in [3.05, 3.63) is 6.92 Å². The number of hydrogen-bond donors (Lipinski definition) is 0. The monoisotopic (exact) mass is 113 g/mol. The Balaban J connectivity index is 2.29. The summed E-state index contributed by atoms with van der Waals surface area (Å²) in [5.74, 6) is 0.704. The molecule has 1 fully saturated rings. The minimum absolute atomic E-state index is 0.704. The Bertz CT molecular complexity index is 84.2. The lowest BCUT2D eigenvalue weighted by Gasteiger charge is -2.24. The Labute approximate surface area is 49.9 Å². The first-order valence-electron chi connectivity index (χ1n) is 2.66. The van der Waals surface area contributed by atoms with Gasteiger partial charge in [-0.25, -0.2) is 0 Å². The van der Waals surface area contributed by atoms with E-state index in [1.807, 2.05) is 0 Å². The van der Waals surface area contributed by atoms with Crippen LogP contribution in [0.1, 0.15) is 19.3 Å². The molecule has 0 saturated heterocycles. The van der Waals surface area contributed by atoms with Crippen molar-refractivity contribution in [2.75, 3.05) is 0 Å². The third-order valence-corrected chi connectivity index (χ3v) is 2.08. The van der Waals surface area contributed by atoms with Crippen molar-refractivity contribution < 1.29 is 0 Å². The Hall–Kier alpha value is 0.0900. The van der Waals surface area contributed by atoms with Gasteiger partial charge in [-0.3, -0.25) is 0 Å². The van der Waals surface area contributed by atoms with Gasteiger partial charge in [-0.1, -0.05) is 19.1 Å². The molecule has 0 aromatic carbocycles. The Morgan fingerprint density at radius 1 is 1.86 bits per heavy atom. The van der Waals surface area contributed by atoms with Gasteiger partial charge >= 0.3 is 0 Å². The molecule has 0 aromatic rings. The van der Waals surface area contributed by atoms with Crippen LogP contribution >= 0.6 is 12.2 Å². The van der Waals surface area contributed by atoms with E-state index in [0.717, 1.165) is 6.42 Å². The molecule has 1 aliphatic carbocycles. The van der Waals surface area contributed by atoms with Crippen molar-refractivity contribution in [1.29, 1.82) is 0 Å². The van der Waals surface area contributed by atoms with E-state index in [2.05, 4.69) is 6.92 Å². The molecule has 1 saturated carbocycles. The van der Waals surface area contributed by atoms with Crippen LogP contribution < -0.4 is 0 Å². The Kier molecular flexibility index (Phi) is 1.43. The Morgan fingerprint density at radius 2 is 2.57 bits per heavy atom.